The Labute approximate surface area is 177 Å². The molecule has 0 aliphatic heterocycles. The zero-order valence-corrected chi connectivity index (χ0v) is 16.4. The topological polar surface area (TPSA) is 72.5 Å². The molecule has 1 amide bonds. The number of esters is 1. The quantitative estimate of drug-likeness (QED) is 0.443. The van der Waals surface area contributed by atoms with Crippen molar-refractivity contribution in [3.05, 3.63) is 107 Å². The minimum absolute atomic E-state index is 0.125. The number of benzene rings is 3. The number of amides is 1. The molecule has 0 aromatic heterocycles. The standard InChI is InChI=1S/C24H19F2NO4/c25-19-12-11-18(14-20(19)26)22(28)15-31-24(30)21(13-16-7-3-1-4-8-16)27-23(29)17-9-5-2-6-10-17/h1-12,14,21H,13,15H2,(H,27,29)/t21-/m0/s1. The molecule has 1 atom stereocenters. The van der Waals surface area contributed by atoms with Gasteiger partial charge in [-0.25, -0.2) is 13.6 Å². The van der Waals surface area contributed by atoms with Crippen molar-refractivity contribution in [2.75, 3.05) is 6.61 Å². The second-order valence-electron chi connectivity index (χ2n) is 6.74. The van der Waals surface area contributed by atoms with Crippen molar-refractivity contribution in [3.8, 4) is 0 Å². The molecule has 0 heterocycles. The Kier molecular flexibility index (Phi) is 7.22. The summed E-state index contributed by atoms with van der Waals surface area (Å²) in [5.41, 5.74) is 1.02. The van der Waals surface area contributed by atoms with Crippen molar-refractivity contribution in [3.63, 3.8) is 0 Å². The second-order valence-corrected chi connectivity index (χ2v) is 6.74. The predicted molar refractivity (Wildman–Crippen MR) is 109 cm³/mol. The maximum atomic E-state index is 13.3. The van der Waals surface area contributed by atoms with E-state index in [1.54, 1.807) is 54.6 Å². The number of Topliss-reactive ketones (excluding diaryl/α,β-unsaturated/α-hetero) is 1. The smallest absolute Gasteiger partial charge is 0.329 e. The first-order valence-electron chi connectivity index (χ1n) is 9.49. The van der Waals surface area contributed by atoms with E-state index in [0.29, 0.717) is 5.56 Å². The summed E-state index contributed by atoms with van der Waals surface area (Å²) in [5, 5.41) is 2.63. The normalized spacial score (nSPS) is 11.4. The molecule has 0 spiro atoms. The van der Waals surface area contributed by atoms with Gasteiger partial charge in [-0.2, -0.15) is 0 Å². The zero-order chi connectivity index (χ0) is 22.2. The van der Waals surface area contributed by atoms with E-state index in [9.17, 15) is 23.2 Å². The van der Waals surface area contributed by atoms with Crippen LogP contribution in [-0.2, 0) is 16.0 Å². The van der Waals surface area contributed by atoms with E-state index in [0.717, 1.165) is 23.8 Å². The summed E-state index contributed by atoms with van der Waals surface area (Å²) in [6.07, 6.45) is 0.150. The molecule has 3 aromatic rings. The van der Waals surface area contributed by atoms with E-state index in [1.165, 1.54) is 0 Å². The number of ketones is 1. The summed E-state index contributed by atoms with van der Waals surface area (Å²) in [4.78, 5) is 37.3. The molecule has 158 valence electrons. The number of carbonyl (C=O) groups excluding carboxylic acids is 3. The molecule has 0 fully saturated rings. The lowest BCUT2D eigenvalue weighted by Gasteiger charge is -2.18. The maximum absolute atomic E-state index is 13.3. The Morgan fingerprint density at radius 1 is 0.806 bits per heavy atom. The van der Waals surface area contributed by atoms with E-state index in [1.807, 2.05) is 6.07 Å². The first-order chi connectivity index (χ1) is 14.9. The van der Waals surface area contributed by atoms with Crippen LogP contribution in [0.25, 0.3) is 0 Å². The van der Waals surface area contributed by atoms with Crippen LogP contribution in [-0.4, -0.2) is 30.3 Å². The minimum atomic E-state index is -1.17. The van der Waals surface area contributed by atoms with Gasteiger partial charge in [0.25, 0.3) is 5.91 Å². The highest BCUT2D eigenvalue weighted by molar-refractivity contribution is 5.99. The van der Waals surface area contributed by atoms with Crippen LogP contribution in [0.3, 0.4) is 0 Å². The summed E-state index contributed by atoms with van der Waals surface area (Å²) >= 11 is 0. The number of nitrogens with one attached hydrogen (secondary N) is 1. The number of carbonyl (C=O) groups is 3. The summed E-state index contributed by atoms with van der Waals surface area (Å²) in [6.45, 7) is -0.670. The SMILES string of the molecule is O=C(COC(=O)[C@H](Cc1ccccc1)NC(=O)c1ccccc1)c1ccc(F)c(F)c1. The van der Waals surface area contributed by atoms with Crippen LogP contribution in [0.1, 0.15) is 26.3 Å². The van der Waals surface area contributed by atoms with Crippen molar-refractivity contribution in [2.45, 2.75) is 12.5 Å². The molecule has 0 saturated carbocycles. The van der Waals surface area contributed by atoms with Crippen molar-refractivity contribution in [1.29, 1.82) is 0 Å². The number of halogens is 2. The van der Waals surface area contributed by atoms with Crippen LogP contribution in [0.2, 0.25) is 0 Å². The van der Waals surface area contributed by atoms with Crippen LogP contribution in [0, 0.1) is 11.6 Å². The molecule has 0 aliphatic rings. The molecular formula is C24H19F2NO4. The monoisotopic (exact) mass is 423 g/mol. The fourth-order valence-electron chi connectivity index (χ4n) is 2.86. The lowest BCUT2D eigenvalue weighted by molar-refractivity contribution is -0.144. The molecular weight excluding hydrogens is 404 g/mol. The van der Waals surface area contributed by atoms with Crippen molar-refractivity contribution in [2.24, 2.45) is 0 Å². The Balaban J connectivity index is 1.69. The van der Waals surface area contributed by atoms with Gasteiger partial charge < -0.3 is 10.1 Å². The Morgan fingerprint density at radius 2 is 1.45 bits per heavy atom. The second kappa shape index (κ2) is 10.2. The highest BCUT2D eigenvalue weighted by atomic mass is 19.2. The summed E-state index contributed by atoms with van der Waals surface area (Å²) in [5.74, 6) is -4.23. The average Bonchev–Trinajstić information content (AvgIpc) is 2.79. The third kappa shape index (κ3) is 6.05. The Bertz CT molecular complexity index is 1070. The van der Waals surface area contributed by atoms with Crippen LogP contribution < -0.4 is 5.32 Å². The number of hydrogen-bond acceptors (Lipinski definition) is 4. The largest absolute Gasteiger partial charge is 0.456 e. The van der Waals surface area contributed by atoms with Crippen molar-refractivity contribution < 1.29 is 27.9 Å². The lowest BCUT2D eigenvalue weighted by Crippen LogP contribution is -2.43. The van der Waals surface area contributed by atoms with Gasteiger partial charge in [0.15, 0.2) is 24.0 Å². The molecule has 1 N–H and O–H groups in total. The molecule has 3 rings (SSSR count). The van der Waals surface area contributed by atoms with E-state index < -0.39 is 41.9 Å². The van der Waals surface area contributed by atoms with E-state index in [-0.39, 0.29) is 12.0 Å². The van der Waals surface area contributed by atoms with Crippen LogP contribution in [0.5, 0.6) is 0 Å². The third-order valence-corrected chi connectivity index (χ3v) is 4.50. The number of rotatable bonds is 8. The molecule has 0 aliphatic carbocycles. The van der Waals surface area contributed by atoms with Crippen LogP contribution in [0.15, 0.2) is 78.9 Å². The fraction of sp³-hybridized carbons (Fsp3) is 0.125. The van der Waals surface area contributed by atoms with Crippen molar-refractivity contribution >= 4 is 17.7 Å². The first kappa shape index (κ1) is 21.8. The molecule has 7 heteroatoms. The number of hydrogen-bond donors (Lipinski definition) is 1. The number of ether oxygens (including phenoxy) is 1. The van der Waals surface area contributed by atoms with E-state index in [2.05, 4.69) is 5.32 Å². The summed E-state index contributed by atoms with van der Waals surface area (Å²) in [7, 11) is 0. The molecule has 31 heavy (non-hydrogen) atoms. The predicted octanol–water partition coefficient (Wildman–Crippen LogP) is 3.73. The molecule has 0 radical (unpaired) electrons. The van der Waals surface area contributed by atoms with Gasteiger partial charge in [0, 0.05) is 17.5 Å². The fourth-order valence-corrected chi connectivity index (χ4v) is 2.86. The van der Waals surface area contributed by atoms with Gasteiger partial charge in [-0.05, 0) is 35.9 Å². The van der Waals surface area contributed by atoms with Crippen LogP contribution >= 0.6 is 0 Å². The average molecular weight is 423 g/mol. The van der Waals surface area contributed by atoms with Gasteiger partial charge in [0.05, 0.1) is 0 Å². The molecule has 0 unspecified atom stereocenters. The maximum Gasteiger partial charge on any atom is 0.329 e. The lowest BCUT2D eigenvalue weighted by atomic mass is 10.1. The van der Waals surface area contributed by atoms with Gasteiger partial charge in [0.2, 0.25) is 0 Å². The molecule has 5 nitrogen and oxygen atoms in total. The molecule has 0 saturated heterocycles. The zero-order valence-electron chi connectivity index (χ0n) is 16.4. The summed E-state index contributed by atoms with van der Waals surface area (Å²) in [6, 6.07) is 19.0. The molecule has 0 bridgehead atoms. The third-order valence-electron chi connectivity index (χ3n) is 4.50. The van der Waals surface area contributed by atoms with Gasteiger partial charge >= 0.3 is 5.97 Å². The van der Waals surface area contributed by atoms with E-state index in [4.69, 9.17) is 4.74 Å². The van der Waals surface area contributed by atoms with E-state index >= 15 is 0 Å². The van der Waals surface area contributed by atoms with Gasteiger partial charge in [-0.15, -0.1) is 0 Å². The van der Waals surface area contributed by atoms with Gasteiger partial charge in [-0.1, -0.05) is 48.5 Å². The molecule has 3 aromatic carbocycles. The van der Waals surface area contributed by atoms with Gasteiger partial charge in [0.1, 0.15) is 6.04 Å². The Hall–Kier alpha value is -3.87. The van der Waals surface area contributed by atoms with Crippen molar-refractivity contribution in [1.82, 2.24) is 5.32 Å². The Morgan fingerprint density at radius 3 is 2.10 bits per heavy atom. The highest BCUT2D eigenvalue weighted by Gasteiger charge is 2.24. The first-order valence-corrected chi connectivity index (χ1v) is 9.49. The van der Waals surface area contributed by atoms with Gasteiger partial charge in [-0.3, -0.25) is 9.59 Å². The minimum Gasteiger partial charge on any atom is -0.456 e. The summed E-state index contributed by atoms with van der Waals surface area (Å²) < 4.78 is 31.4. The van der Waals surface area contributed by atoms with Crippen LogP contribution in [0.4, 0.5) is 8.78 Å². The highest BCUT2D eigenvalue weighted by Crippen LogP contribution is 2.11.